The van der Waals surface area contributed by atoms with Crippen molar-refractivity contribution in [2.75, 3.05) is 13.7 Å². The van der Waals surface area contributed by atoms with Crippen LogP contribution in [0.25, 0.3) is 0 Å². The summed E-state index contributed by atoms with van der Waals surface area (Å²) in [7, 11) is 1.39. The molecule has 4 nitrogen and oxygen atoms in total. The lowest BCUT2D eigenvalue weighted by molar-refractivity contribution is -0.149. The summed E-state index contributed by atoms with van der Waals surface area (Å²) < 4.78 is 10.6. The maximum atomic E-state index is 12.0. The number of hydrogen-bond donors (Lipinski definition) is 1. The van der Waals surface area contributed by atoms with Gasteiger partial charge in [-0.1, -0.05) is 26.0 Å². The first-order valence-electron chi connectivity index (χ1n) is 7.37. The summed E-state index contributed by atoms with van der Waals surface area (Å²) in [5, 5.41) is 3.21. The van der Waals surface area contributed by atoms with E-state index in [9.17, 15) is 4.79 Å². The number of nitrogens with one attached hydrogen (secondary N) is 1. The van der Waals surface area contributed by atoms with E-state index in [2.05, 4.69) is 19.2 Å². The highest BCUT2D eigenvalue weighted by molar-refractivity contribution is 5.80. The van der Waals surface area contributed by atoms with Gasteiger partial charge in [-0.05, 0) is 44.4 Å². The largest absolute Gasteiger partial charge is 0.491 e. The molecule has 1 unspecified atom stereocenters. The minimum atomic E-state index is -0.861. The second-order valence-corrected chi connectivity index (χ2v) is 6.14. The zero-order valence-corrected chi connectivity index (χ0v) is 13.9. The predicted molar refractivity (Wildman–Crippen MR) is 84.7 cm³/mol. The van der Waals surface area contributed by atoms with Crippen LogP contribution in [-0.2, 0) is 9.53 Å². The van der Waals surface area contributed by atoms with Crippen LogP contribution in [0.1, 0.15) is 46.1 Å². The van der Waals surface area contributed by atoms with E-state index in [0.717, 1.165) is 5.75 Å². The van der Waals surface area contributed by atoms with Crippen LogP contribution in [0.2, 0.25) is 0 Å². The van der Waals surface area contributed by atoms with Crippen molar-refractivity contribution >= 4 is 5.97 Å². The van der Waals surface area contributed by atoms with Gasteiger partial charge in [0, 0.05) is 6.04 Å². The normalized spacial score (nSPS) is 14.1. The molecule has 0 fully saturated rings. The number of esters is 1. The van der Waals surface area contributed by atoms with Gasteiger partial charge in [0.05, 0.1) is 7.11 Å². The molecule has 0 aliphatic heterocycles. The van der Waals surface area contributed by atoms with Gasteiger partial charge in [0.1, 0.15) is 17.9 Å². The molecule has 118 valence electrons. The van der Waals surface area contributed by atoms with Gasteiger partial charge in [0.25, 0.3) is 0 Å². The van der Waals surface area contributed by atoms with Crippen molar-refractivity contribution in [1.29, 1.82) is 0 Å². The summed E-state index contributed by atoms with van der Waals surface area (Å²) in [6.45, 7) is 10.3. The fraction of sp³-hybridized carbons (Fsp3) is 0.588. The number of methoxy groups -OCH3 is 1. The SMILES string of the molecule is COC(=O)C(C)(COc1ccc(C(C)C)cc1)NC(C)C. The minimum absolute atomic E-state index is 0.154. The quantitative estimate of drug-likeness (QED) is 0.785. The van der Waals surface area contributed by atoms with Gasteiger partial charge in [-0.3, -0.25) is 5.32 Å². The summed E-state index contributed by atoms with van der Waals surface area (Å²) in [6, 6.07) is 8.11. The maximum Gasteiger partial charge on any atom is 0.329 e. The Morgan fingerprint density at radius 2 is 1.76 bits per heavy atom. The molecule has 0 aromatic heterocycles. The fourth-order valence-electron chi connectivity index (χ4n) is 2.20. The monoisotopic (exact) mass is 293 g/mol. The topological polar surface area (TPSA) is 47.6 Å². The number of carbonyl (C=O) groups excluding carboxylic acids is 1. The van der Waals surface area contributed by atoms with Crippen molar-refractivity contribution in [3.8, 4) is 5.75 Å². The molecule has 1 aromatic carbocycles. The molecule has 0 heterocycles. The molecule has 0 saturated heterocycles. The summed E-state index contributed by atoms with van der Waals surface area (Å²) in [6.07, 6.45) is 0. The Morgan fingerprint density at radius 3 is 2.19 bits per heavy atom. The molecule has 1 atom stereocenters. The van der Waals surface area contributed by atoms with E-state index in [-0.39, 0.29) is 18.6 Å². The van der Waals surface area contributed by atoms with Crippen LogP contribution in [0, 0.1) is 0 Å². The van der Waals surface area contributed by atoms with Crippen LogP contribution in [0.3, 0.4) is 0 Å². The van der Waals surface area contributed by atoms with E-state index in [0.29, 0.717) is 5.92 Å². The number of benzene rings is 1. The van der Waals surface area contributed by atoms with Gasteiger partial charge < -0.3 is 9.47 Å². The number of rotatable bonds is 7. The fourth-order valence-corrected chi connectivity index (χ4v) is 2.20. The summed E-state index contributed by atoms with van der Waals surface area (Å²) in [4.78, 5) is 12.0. The molecule has 0 aliphatic carbocycles. The van der Waals surface area contributed by atoms with Gasteiger partial charge in [-0.2, -0.15) is 0 Å². The van der Waals surface area contributed by atoms with Crippen LogP contribution in [0.5, 0.6) is 5.75 Å². The molecule has 21 heavy (non-hydrogen) atoms. The van der Waals surface area contributed by atoms with E-state index in [1.165, 1.54) is 12.7 Å². The van der Waals surface area contributed by atoms with Gasteiger partial charge in [-0.15, -0.1) is 0 Å². The van der Waals surface area contributed by atoms with E-state index in [1.807, 2.05) is 38.1 Å². The third-order valence-corrected chi connectivity index (χ3v) is 3.32. The maximum absolute atomic E-state index is 12.0. The highest BCUT2D eigenvalue weighted by Crippen LogP contribution is 2.20. The molecule has 0 bridgehead atoms. The molecule has 0 radical (unpaired) electrons. The number of ether oxygens (including phenoxy) is 2. The second kappa shape index (κ2) is 7.46. The molecule has 0 aliphatic rings. The summed E-state index contributed by atoms with van der Waals surface area (Å²) in [5.41, 5.74) is 0.401. The third-order valence-electron chi connectivity index (χ3n) is 3.32. The molecule has 4 heteroatoms. The third kappa shape index (κ3) is 5.05. The van der Waals surface area contributed by atoms with Crippen LogP contribution in [0.15, 0.2) is 24.3 Å². The first-order valence-corrected chi connectivity index (χ1v) is 7.37. The molecular formula is C17H27NO3. The first kappa shape index (κ1) is 17.5. The summed E-state index contributed by atoms with van der Waals surface area (Å²) in [5.74, 6) is 0.914. The predicted octanol–water partition coefficient (Wildman–Crippen LogP) is 3.12. The van der Waals surface area contributed by atoms with Crippen molar-refractivity contribution < 1.29 is 14.3 Å². The molecule has 0 saturated carbocycles. The van der Waals surface area contributed by atoms with Crippen LogP contribution >= 0.6 is 0 Å². The molecule has 1 rings (SSSR count). The van der Waals surface area contributed by atoms with Crippen LogP contribution in [-0.4, -0.2) is 31.3 Å². The van der Waals surface area contributed by atoms with E-state index < -0.39 is 5.54 Å². The molecule has 1 aromatic rings. The lowest BCUT2D eigenvalue weighted by Crippen LogP contribution is -2.56. The molecule has 0 spiro atoms. The highest BCUT2D eigenvalue weighted by Gasteiger charge is 2.35. The smallest absolute Gasteiger partial charge is 0.329 e. The lowest BCUT2D eigenvalue weighted by Gasteiger charge is -2.30. The molecular weight excluding hydrogens is 266 g/mol. The van der Waals surface area contributed by atoms with Crippen LogP contribution < -0.4 is 10.1 Å². The Balaban J connectivity index is 2.74. The number of hydrogen-bond acceptors (Lipinski definition) is 4. The van der Waals surface area contributed by atoms with E-state index in [4.69, 9.17) is 9.47 Å². The molecule has 1 N–H and O–H groups in total. The van der Waals surface area contributed by atoms with Gasteiger partial charge in [-0.25, -0.2) is 4.79 Å². The Labute approximate surface area is 127 Å². The Kier molecular flexibility index (Phi) is 6.21. The van der Waals surface area contributed by atoms with Crippen molar-refractivity contribution in [3.05, 3.63) is 29.8 Å². The zero-order chi connectivity index (χ0) is 16.0. The average molecular weight is 293 g/mol. The van der Waals surface area contributed by atoms with Gasteiger partial charge >= 0.3 is 5.97 Å². The lowest BCUT2D eigenvalue weighted by atomic mass is 10.0. The first-order chi connectivity index (χ1) is 9.78. The summed E-state index contributed by atoms with van der Waals surface area (Å²) >= 11 is 0. The second-order valence-electron chi connectivity index (χ2n) is 6.14. The van der Waals surface area contributed by atoms with E-state index in [1.54, 1.807) is 6.92 Å². The number of carbonyl (C=O) groups is 1. The Hall–Kier alpha value is -1.55. The standard InChI is InChI=1S/C17H27NO3/c1-12(2)14-7-9-15(10-8-14)21-11-17(5,16(19)20-6)18-13(3)4/h7-10,12-13,18H,11H2,1-6H3. The van der Waals surface area contributed by atoms with Crippen molar-refractivity contribution in [3.63, 3.8) is 0 Å². The Morgan fingerprint density at radius 1 is 1.19 bits per heavy atom. The van der Waals surface area contributed by atoms with Crippen molar-refractivity contribution in [1.82, 2.24) is 5.32 Å². The van der Waals surface area contributed by atoms with Crippen LogP contribution in [0.4, 0.5) is 0 Å². The van der Waals surface area contributed by atoms with Crippen molar-refractivity contribution in [2.45, 2.75) is 52.1 Å². The van der Waals surface area contributed by atoms with E-state index >= 15 is 0 Å². The van der Waals surface area contributed by atoms with Crippen molar-refractivity contribution in [2.24, 2.45) is 0 Å². The van der Waals surface area contributed by atoms with Gasteiger partial charge in [0.15, 0.2) is 0 Å². The van der Waals surface area contributed by atoms with Gasteiger partial charge in [0.2, 0.25) is 0 Å². The highest BCUT2D eigenvalue weighted by atomic mass is 16.5. The average Bonchev–Trinajstić information content (AvgIpc) is 2.44. The Bertz CT molecular complexity index is 454. The minimum Gasteiger partial charge on any atom is -0.491 e. The zero-order valence-electron chi connectivity index (χ0n) is 13.9. The molecule has 0 amide bonds.